The number of fused-ring (bicyclic) bond motifs is 1. The molecule has 0 fully saturated rings. The molecule has 0 aliphatic carbocycles. The summed E-state index contributed by atoms with van der Waals surface area (Å²) in [6.07, 6.45) is 0.805. The molecule has 3 rings (SSSR count). The number of rotatable bonds is 3. The van der Waals surface area contributed by atoms with Crippen molar-refractivity contribution in [2.75, 3.05) is 18.4 Å². The van der Waals surface area contributed by atoms with Gasteiger partial charge in [0.05, 0.1) is 0 Å². The molecule has 0 saturated carbocycles. The minimum absolute atomic E-state index is 0. The van der Waals surface area contributed by atoms with Crippen molar-refractivity contribution < 1.29 is 14.6 Å². The van der Waals surface area contributed by atoms with Crippen LogP contribution in [0.3, 0.4) is 0 Å². The van der Waals surface area contributed by atoms with Crippen LogP contribution in [0.4, 0.5) is 10.1 Å². The van der Waals surface area contributed by atoms with Gasteiger partial charge in [-0.05, 0) is 54.4 Å². The summed E-state index contributed by atoms with van der Waals surface area (Å²) >= 11 is 0. The van der Waals surface area contributed by atoms with Gasteiger partial charge in [-0.15, -0.1) is 12.4 Å². The molecule has 1 aliphatic heterocycles. The summed E-state index contributed by atoms with van der Waals surface area (Å²) < 4.78 is 13.2. The fourth-order valence-electron chi connectivity index (χ4n) is 2.67. The van der Waals surface area contributed by atoms with Gasteiger partial charge < -0.3 is 20.8 Å². The predicted octanol–water partition coefficient (Wildman–Crippen LogP) is 2.96. The van der Waals surface area contributed by atoms with E-state index in [1.807, 2.05) is 0 Å². The number of nitrogens with one attached hydrogen (secondary N) is 2. The normalized spacial score (nSPS) is 16.5. The van der Waals surface area contributed by atoms with E-state index >= 15 is 0 Å². The van der Waals surface area contributed by atoms with Crippen LogP contribution in [0.2, 0.25) is 0 Å². The average Bonchev–Trinajstić information content (AvgIpc) is 2.46. The average molecular weight is 325 g/mol. The van der Waals surface area contributed by atoms with Gasteiger partial charge in [0.25, 0.3) is 0 Å². The van der Waals surface area contributed by atoms with Crippen molar-refractivity contribution in [2.45, 2.75) is 12.5 Å². The number of hydrogen-bond donors (Lipinski definition) is 4. The molecule has 118 valence electrons. The quantitative estimate of drug-likeness (QED) is 0.655. The van der Waals surface area contributed by atoms with Crippen LogP contribution < -0.4 is 10.6 Å². The highest BCUT2D eigenvalue weighted by Crippen LogP contribution is 2.33. The third kappa shape index (κ3) is 3.43. The van der Waals surface area contributed by atoms with Gasteiger partial charge in [0.2, 0.25) is 0 Å². The standard InChI is InChI=1S/C16H17FN2O2.ClH/c17-11-2-1-3-12(7-11)19-9-14-13-8-16(21)15(20)6-10(13)4-5-18-14;/h1-3,6-8,14,18-21H,4-5,9H2;1H. The summed E-state index contributed by atoms with van der Waals surface area (Å²) in [5.74, 6) is -0.486. The maximum Gasteiger partial charge on any atom is 0.157 e. The van der Waals surface area contributed by atoms with Crippen LogP contribution in [0.25, 0.3) is 0 Å². The number of phenolic OH excluding ortho intramolecular Hbond substituents is 2. The lowest BCUT2D eigenvalue weighted by Crippen LogP contribution is -2.34. The second-order valence-corrected chi connectivity index (χ2v) is 5.19. The lowest BCUT2D eigenvalue weighted by Gasteiger charge is -2.28. The van der Waals surface area contributed by atoms with Crippen LogP contribution in [0.5, 0.6) is 11.5 Å². The van der Waals surface area contributed by atoms with E-state index in [-0.39, 0.29) is 35.8 Å². The van der Waals surface area contributed by atoms with Crippen molar-refractivity contribution in [3.05, 3.63) is 53.3 Å². The molecule has 0 spiro atoms. The van der Waals surface area contributed by atoms with Crippen molar-refractivity contribution in [1.82, 2.24) is 5.32 Å². The van der Waals surface area contributed by atoms with E-state index in [1.54, 1.807) is 24.3 Å². The van der Waals surface area contributed by atoms with Gasteiger partial charge in [-0.1, -0.05) is 6.07 Å². The smallest absolute Gasteiger partial charge is 0.157 e. The number of phenols is 2. The molecule has 1 heterocycles. The topological polar surface area (TPSA) is 64.5 Å². The summed E-state index contributed by atoms with van der Waals surface area (Å²) in [5.41, 5.74) is 2.70. The van der Waals surface area contributed by atoms with Gasteiger partial charge in [-0.25, -0.2) is 4.39 Å². The highest BCUT2D eigenvalue weighted by Gasteiger charge is 2.21. The zero-order valence-corrected chi connectivity index (χ0v) is 12.7. The van der Waals surface area contributed by atoms with Crippen LogP contribution in [-0.2, 0) is 6.42 Å². The van der Waals surface area contributed by atoms with Crippen molar-refractivity contribution >= 4 is 18.1 Å². The zero-order chi connectivity index (χ0) is 14.8. The molecule has 1 unspecified atom stereocenters. The Kier molecular flexibility index (Phi) is 5.11. The maximum absolute atomic E-state index is 13.2. The molecule has 1 aliphatic rings. The van der Waals surface area contributed by atoms with Crippen LogP contribution in [0.15, 0.2) is 36.4 Å². The van der Waals surface area contributed by atoms with Crippen LogP contribution in [0.1, 0.15) is 17.2 Å². The number of hydrogen-bond acceptors (Lipinski definition) is 4. The maximum atomic E-state index is 13.2. The Labute approximate surface area is 134 Å². The molecule has 4 nitrogen and oxygen atoms in total. The number of halogens is 2. The fourth-order valence-corrected chi connectivity index (χ4v) is 2.67. The number of benzene rings is 2. The van der Waals surface area contributed by atoms with Gasteiger partial charge in [-0.2, -0.15) is 0 Å². The second-order valence-electron chi connectivity index (χ2n) is 5.19. The lowest BCUT2D eigenvalue weighted by molar-refractivity contribution is 0.399. The van der Waals surface area contributed by atoms with E-state index in [0.717, 1.165) is 24.1 Å². The van der Waals surface area contributed by atoms with Crippen molar-refractivity contribution in [1.29, 1.82) is 0 Å². The Balaban J connectivity index is 0.00000176. The third-order valence-corrected chi connectivity index (χ3v) is 3.73. The molecule has 1 atom stereocenters. The summed E-state index contributed by atoms with van der Waals surface area (Å²) in [6, 6.07) is 9.52. The van der Waals surface area contributed by atoms with E-state index in [0.29, 0.717) is 12.2 Å². The molecule has 0 amide bonds. The van der Waals surface area contributed by atoms with E-state index in [4.69, 9.17) is 0 Å². The highest BCUT2D eigenvalue weighted by molar-refractivity contribution is 5.85. The van der Waals surface area contributed by atoms with Crippen LogP contribution in [0, 0.1) is 5.82 Å². The van der Waals surface area contributed by atoms with Crippen LogP contribution >= 0.6 is 12.4 Å². The third-order valence-electron chi connectivity index (χ3n) is 3.73. The molecule has 0 bridgehead atoms. The summed E-state index contributed by atoms with van der Waals surface area (Å²) in [5, 5.41) is 25.8. The van der Waals surface area contributed by atoms with Crippen LogP contribution in [-0.4, -0.2) is 23.3 Å². The molecule has 2 aromatic carbocycles. The monoisotopic (exact) mass is 324 g/mol. The molecular weight excluding hydrogens is 307 g/mol. The molecule has 0 saturated heterocycles. The molecule has 0 aromatic heterocycles. The minimum atomic E-state index is -0.278. The lowest BCUT2D eigenvalue weighted by atomic mass is 9.93. The first kappa shape index (κ1) is 16.4. The van der Waals surface area contributed by atoms with E-state index in [1.165, 1.54) is 12.1 Å². The minimum Gasteiger partial charge on any atom is -0.504 e. The van der Waals surface area contributed by atoms with E-state index in [2.05, 4.69) is 10.6 Å². The highest BCUT2D eigenvalue weighted by atomic mass is 35.5. The largest absolute Gasteiger partial charge is 0.504 e. The van der Waals surface area contributed by atoms with Gasteiger partial charge in [0, 0.05) is 18.3 Å². The Morgan fingerprint density at radius 1 is 1.18 bits per heavy atom. The molecule has 4 N–H and O–H groups in total. The van der Waals surface area contributed by atoms with Gasteiger partial charge in [-0.3, -0.25) is 0 Å². The fraction of sp³-hybridized carbons (Fsp3) is 0.250. The molecule has 22 heavy (non-hydrogen) atoms. The summed E-state index contributed by atoms with van der Waals surface area (Å²) in [4.78, 5) is 0. The van der Waals surface area contributed by atoms with Gasteiger partial charge in [0.1, 0.15) is 5.82 Å². The van der Waals surface area contributed by atoms with E-state index < -0.39 is 0 Å². The number of aromatic hydroxyl groups is 2. The second kappa shape index (κ2) is 6.85. The predicted molar refractivity (Wildman–Crippen MR) is 86.4 cm³/mol. The first-order chi connectivity index (χ1) is 10.1. The Morgan fingerprint density at radius 2 is 1.95 bits per heavy atom. The first-order valence-corrected chi connectivity index (χ1v) is 6.91. The van der Waals surface area contributed by atoms with Crippen molar-refractivity contribution in [3.8, 4) is 11.5 Å². The molecule has 2 aromatic rings. The van der Waals surface area contributed by atoms with Gasteiger partial charge in [0.15, 0.2) is 11.5 Å². The van der Waals surface area contributed by atoms with E-state index in [9.17, 15) is 14.6 Å². The SMILES string of the molecule is Cl.Oc1cc2c(cc1O)C(CNc1cccc(F)c1)NCC2. The van der Waals surface area contributed by atoms with Crippen molar-refractivity contribution in [3.63, 3.8) is 0 Å². The Hall–Kier alpha value is -1.98. The molecule has 6 heteroatoms. The number of anilines is 1. The molecular formula is C16H18ClFN2O2. The molecule has 0 radical (unpaired) electrons. The van der Waals surface area contributed by atoms with Gasteiger partial charge >= 0.3 is 0 Å². The van der Waals surface area contributed by atoms with Crippen molar-refractivity contribution in [2.24, 2.45) is 0 Å². The summed E-state index contributed by atoms with van der Waals surface area (Å²) in [6.45, 7) is 1.37. The Bertz CT molecular complexity index is 667. The zero-order valence-electron chi connectivity index (χ0n) is 11.8. The first-order valence-electron chi connectivity index (χ1n) is 6.91. The Morgan fingerprint density at radius 3 is 2.73 bits per heavy atom. The summed E-state index contributed by atoms with van der Waals surface area (Å²) in [7, 11) is 0.